The zero-order valence-corrected chi connectivity index (χ0v) is 16.3. The molecule has 7 heteroatoms. The van der Waals surface area contributed by atoms with Crippen LogP contribution in [0.1, 0.15) is 24.0 Å². The number of aryl methyl sites for hydroxylation is 2. The molecule has 1 aromatic heterocycles. The normalized spacial score (nSPS) is 15.0. The van der Waals surface area contributed by atoms with Crippen molar-refractivity contribution in [2.75, 3.05) is 23.3 Å². The lowest BCUT2D eigenvalue weighted by Crippen LogP contribution is -2.44. The van der Waals surface area contributed by atoms with E-state index in [1.54, 1.807) is 7.05 Å². The van der Waals surface area contributed by atoms with Crippen LogP contribution in [0.5, 0.6) is 0 Å². The molecule has 0 radical (unpaired) electrons. The van der Waals surface area contributed by atoms with Gasteiger partial charge in [-0.2, -0.15) is 0 Å². The van der Waals surface area contributed by atoms with Gasteiger partial charge in [0.25, 0.3) is 5.56 Å². The van der Waals surface area contributed by atoms with Crippen LogP contribution >= 0.6 is 0 Å². The third-order valence-electron chi connectivity index (χ3n) is 5.46. The highest BCUT2D eigenvalue weighted by atomic mass is 16.2. The van der Waals surface area contributed by atoms with Gasteiger partial charge in [0.1, 0.15) is 5.82 Å². The predicted molar refractivity (Wildman–Crippen MR) is 106 cm³/mol. The first kappa shape index (κ1) is 18.9. The molecule has 0 saturated carbocycles. The van der Waals surface area contributed by atoms with Crippen molar-refractivity contribution in [3.63, 3.8) is 0 Å². The number of hydrogen-bond acceptors (Lipinski definition) is 4. The van der Waals surface area contributed by atoms with Crippen LogP contribution in [-0.2, 0) is 18.9 Å². The van der Waals surface area contributed by atoms with Crippen molar-refractivity contribution >= 4 is 17.4 Å². The molecule has 1 aliphatic heterocycles. The van der Waals surface area contributed by atoms with Gasteiger partial charge in [0, 0.05) is 44.9 Å². The summed E-state index contributed by atoms with van der Waals surface area (Å²) in [5.41, 5.74) is 2.50. The fourth-order valence-electron chi connectivity index (χ4n) is 3.46. The number of nitrogens with zero attached hydrogens (tertiary/aromatic N) is 3. The molecule has 1 aromatic carbocycles. The Morgan fingerprint density at radius 2 is 1.67 bits per heavy atom. The maximum absolute atomic E-state index is 12.6. The average Bonchev–Trinajstić information content (AvgIpc) is 2.66. The van der Waals surface area contributed by atoms with Crippen molar-refractivity contribution in [2.24, 2.45) is 20.0 Å². The molecule has 144 valence electrons. The number of piperidine rings is 1. The molecule has 1 aliphatic rings. The van der Waals surface area contributed by atoms with E-state index >= 15 is 0 Å². The minimum absolute atomic E-state index is 0.0239. The van der Waals surface area contributed by atoms with Gasteiger partial charge in [-0.05, 0) is 49.9 Å². The predicted octanol–water partition coefficient (Wildman–Crippen LogP) is 1.56. The third kappa shape index (κ3) is 3.82. The number of carbonyl (C=O) groups excluding carboxylic acids is 1. The Morgan fingerprint density at radius 1 is 1.00 bits per heavy atom. The Morgan fingerprint density at radius 3 is 2.30 bits per heavy atom. The molecule has 2 heterocycles. The molecular formula is C20H26N4O3. The van der Waals surface area contributed by atoms with Crippen LogP contribution in [0.3, 0.4) is 0 Å². The molecule has 1 fully saturated rings. The van der Waals surface area contributed by atoms with Crippen LogP contribution in [0.4, 0.5) is 11.5 Å². The zero-order chi connectivity index (χ0) is 19.7. The summed E-state index contributed by atoms with van der Waals surface area (Å²) in [7, 11) is 3.13. The smallest absolute Gasteiger partial charge is 0.332 e. The first-order valence-corrected chi connectivity index (χ1v) is 9.18. The molecule has 0 bridgehead atoms. The number of nitrogens with one attached hydrogen (secondary N) is 1. The third-order valence-corrected chi connectivity index (χ3v) is 5.46. The molecular weight excluding hydrogens is 344 g/mol. The first-order chi connectivity index (χ1) is 12.8. The number of carbonyl (C=O) groups is 1. The minimum atomic E-state index is -0.341. The summed E-state index contributed by atoms with van der Waals surface area (Å²) >= 11 is 0. The number of benzene rings is 1. The fraction of sp³-hybridized carbons (Fsp3) is 0.450. The quantitative estimate of drug-likeness (QED) is 0.890. The number of anilines is 2. The van der Waals surface area contributed by atoms with Gasteiger partial charge in [-0.3, -0.25) is 18.7 Å². The summed E-state index contributed by atoms with van der Waals surface area (Å²) in [5.74, 6) is 0.554. The maximum Gasteiger partial charge on any atom is 0.332 e. The second kappa shape index (κ2) is 7.42. The average molecular weight is 370 g/mol. The molecule has 0 unspecified atom stereocenters. The van der Waals surface area contributed by atoms with Crippen LogP contribution < -0.4 is 21.5 Å². The van der Waals surface area contributed by atoms with Gasteiger partial charge in [0.15, 0.2) is 0 Å². The molecule has 0 aliphatic carbocycles. The summed E-state index contributed by atoms with van der Waals surface area (Å²) in [5, 5.41) is 3.01. The van der Waals surface area contributed by atoms with E-state index < -0.39 is 0 Å². The Bertz CT molecular complexity index is 982. The zero-order valence-electron chi connectivity index (χ0n) is 16.3. The number of rotatable bonds is 3. The fourth-order valence-corrected chi connectivity index (χ4v) is 3.46. The molecule has 1 N–H and O–H groups in total. The Kier molecular flexibility index (Phi) is 5.21. The molecule has 0 atom stereocenters. The Hall–Kier alpha value is -2.83. The lowest BCUT2D eigenvalue weighted by atomic mass is 9.95. The number of aromatic nitrogens is 2. The van der Waals surface area contributed by atoms with Crippen molar-refractivity contribution < 1.29 is 4.79 Å². The van der Waals surface area contributed by atoms with Gasteiger partial charge < -0.3 is 10.2 Å². The van der Waals surface area contributed by atoms with Crippen molar-refractivity contribution in [1.29, 1.82) is 0 Å². The number of hydrogen-bond donors (Lipinski definition) is 1. The van der Waals surface area contributed by atoms with E-state index in [9.17, 15) is 14.4 Å². The standard InChI is InChI=1S/C20H26N4O3/c1-13-5-6-16(11-14(13)2)21-19(26)15-7-9-24(10-8-15)17-12-18(25)23(4)20(27)22(17)3/h5-6,11-12,15H,7-10H2,1-4H3,(H,21,26). The van der Waals surface area contributed by atoms with Crippen LogP contribution in [0, 0.1) is 19.8 Å². The van der Waals surface area contributed by atoms with E-state index in [2.05, 4.69) is 5.32 Å². The van der Waals surface area contributed by atoms with Crippen LogP contribution in [0.15, 0.2) is 33.9 Å². The van der Waals surface area contributed by atoms with E-state index in [1.165, 1.54) is 23.2 Å². The van der Waals surface area contributed by atoms with Crippen LogP contribution in [0.25, 0.3) is 0 Å². The highest BCUT2D eigenvalue weighted by Crippen LogP contribution is 2.23. The summed E-state index contributed by atoms with van der Waals surface area (Å²) in [6.45, 7) is 5.33. The van der Waals surface area contributed by atoms with E-state index in [1.807, 2.05) is 36.9 Å². The maximum atomic E-state index is 12.6. The van der Waals surface area contributed by atoms with Crippen molar-refractivity contribution in [3.8, 4) is 0 Å². The topological polar surface area (TPSA) is 76.3 Å². The number of amides is 1. The lowest BCUT2D eigenvalue weighted by molar-refractivity contribution is -0.120. The minimum Gasteiger partial charge on any atom is -0.358 e. The summed E-state index contributed by atoms with van der Waals surface area (Å²) in [6, 6.07) is 7.39. The van der Waals surface area contributed by atoms with E-state index in [4.69, 9.17) is 0 Å². The van der Waals surface area contributed by atoms with Crippen molar-refractivity contribution in [1.82, 2.24) is 9.13 Å². The van der Waals surface area contributed by atoms with E-state index in [0.717, 1.165) is 15.8 Å². The van der Waals surface area contributed by atoms with Gasteiger partial charge in [0.05, 0.1) is 0 Å². The molecule has 2 aromatic rings. The van der Waals surface area contributed by atoms with E-state index in [0.29, 0.717) is 31.7 Å². The van der Waals surface area contributed by atoms with Gasteiger partial charge in [-0.1, -0.05) is 6.07 Å². The largest absolute Gasteiger partial charge is 0.358 e. The van der Waals surface area contributed by atoms with Gasteiger partial charge in [-0.15, -0.1) is 0 Å². The Labute approximate surface area is 158 Å². The molecule has 1 saturated heterocycles. The van der Waals surface area contributed by atoms with Crippen molar-refractivity contribution in [3.05, 3.63) is 56.2 Å². The molecule has 27 heavy (non-hydrogen) atoms. The molecule has 0 spiro atoms. The first-order valence-electron chi connectivity index (χ1n) is 9.18. The summed E-state index contributed by atoms with van der Waals surface area (Å²) < 4.78 is 2.57. The molecule has 3 rings (SSSR count). The van der Waals surface area contributed by atoms with Gasteiger partial charge in [-0.25, -0.2) is 4.79 Å². The lowest BCUT2D eigenvalue weighted by Gasteiger charge is -2.33. The second-order valence-electron chi connectivity index (χ2n) is 7.29. The Balaban J connectivity index is 1.67. The highest BCUT2D eigenvalue weighted by Gasteiger charge is 2.26. The highest BCUT2D eigenvalue weighted by molar-refractivity contribution is 5.92. The van der Waals surface area contributed by atoms with E-state index in [-0.39, 0.29) is 23.1 Å². The van der Waals surface area contributed by atoms with Crippen LogP contribution in [-0.4, -0.2) is 28.1 Å². The SMILES string of the molecule is Cc1ccc(NC(=O)C2CCN(c3cc(=O)n(C)c(=O)n3C)CC2)cc1C. The van der Waals surface area contributed by atoms with Gasteiger partial charge >= 0.3 is 5.69 Å². The van der Waals surface area contributed by atoms with Crippen LogP contribution in [0.2, 0.25) is 0 Å². The molecule has 7 nitrogen and oxygen atoms in total. The summed E-state index contributed by atoms with van der Waals surface area (Å²) in [6.07, 6.45) is 1.36. The second-order valence-corrected chi connectivity index (χ2v) is 7.29. The molecule has 1 amide bonds. The summed E-state index contributed by atoms with van der Waals surface area (Å²) in [4.78, 5) is 38.6. The monoisotopic (exact) mass is 370 g/mol. The van der Waals surface area contributed by atoms with Gasteiger partial charge in [0.2, 0.25) is 5.91 Å². The van der Waals surface area contributed by atoms with Crippen molar-refractivity contribution in [2.45, 2.75) is 26.7 Å².